The lowest BCUT2D eigenvalue weighted by molar-refractivity contribution is 0.197. The highest BCUT2D eigenvalue weighted by molar-refractivity contribution is 5.37. The lowest BCUT2D eigenvalue weighted by atomic mass is 10.1. The van der Waals surface area contributed by atoms with Gasteiger partial charge in [-0.25, -0.2) is 0 Å². The third kappa shape index (κ3) is 2.00. The fraction of sp³-hybridized carbons (Fsp3) is 0.250. The van der Waals surface area contributed by atoms with Gasteiger partial charge < -0.3 is 10.1 Å². The third-order valence-electron chi connectivity index (χ3n) is 3.54. The summed E-state index contributed by atoms with van der Waals surface area (Å²) in [5, 5.41) is 3.36. The highest BCUT2D eigenvalue weighted by Gasteiger charge is 2.30. The minimum absolute atomic E-state index is 0.154. The van der Waals surface area contributed by atoms with E-state index in [1.54, 1.807) is 0 Å². The summed E-state index contributed by atoms with van der Waals surface area (Å²) in [4.78, 5) is 0. The van der Waals surface area contributed by atoms with Gasteiger partial charge in [-0.3, -0.25) is 0 Å². The molecule has 1 aliphatic rings. The van der Waals surface area contributed by atoms with Crippen LogP contribution in [0.4, 0.5) is 0 Å². The molecule has 0 radical (unpaired) electrons. The molecule has 0 spiro atoms. The van der Waals surface area contributed by atoms with Crippen molar-refractivity contribution in [3.63, 3.8) is 0 Å². The first kappa shape index (κ1) is 11.3. The van der Waals surface area contributed by atoms with Crippen LogP contribution in [0.2, 0.25) is 0 Å². The molecule has 2 heteroatoms. The quantitative estimate of drug-likeness (QED) is 0.885. The topological polar surface area (TPSA) is 21.3 Å². The van der Waals surface area contributed by atoms with Crippen LogP contribution in [0.15, 0.2) is 54.6 Å². The van der Waals surface area contributed by atoms with E-state index >= 15 is 0 Å². The molecule has 1 N–H and O–H groups in total. The maximum atomic E-state index is 6.09. The molecule has 0 heterocycles. The Labute approximate surface area is 108 Å². The van der Waals surface area contributed by atoms with Gasteiger partial charge in [0.15, 0.2) is 0 Å². The summed E-state index contributed by atoms with van der Waals surface area (Å²) in [6.45, 7) is 0. The highest BCUT2D eigenvalue weighted by Crippen LogP contribution is 2.40. The summed E-state index contributed by atoms with van der Waals surface area (Å²) in [6, 6.07) is 19.0. The van der Waals surface area contributed by atoms with Gasteiger partial charge in [0, 0.05) is 12.5 Å². The minimum atomic E-state index is 0.154. The molecule has 0 saturated carbocycles. The average Bonchev–Trinajstić information content (AvgIpc) is 2.78. The lowest BCUT2D eigenvalue weighted by Gasteiger charge is -2.15. The molecule has 2 nitrogen and oxygen atoms in total. The van der Waals surface area contributed by atoms with E-state index in [1.165, 1.54) is 11.1 Å². The van der Waals surface area contributed by atoms with Gasteiger partial charge in [0.2, 0.25) is 0 Å². The molecule has 3 rings (SSSR count). The molecule has 18 heavy (non-hydrogen) atoms. The Kier molecular flexibility index (Phi) is 3.03. The van der Waals surface area contributed by atoms with Crippen molar-refractivity contribution in [2.24, 2.45) is 0 Å². The molecule has 2 atom stereocenters. The van der Waals surface area contributed by atoms with Crippen LogP contribution in [-0.4, -0.2) is 7.05 Å². The molecule has 0 aromatic heterocycles. The zero-order valence-electron chi connectivity index (χ0n) is 10.5. The van der Waals surface area contributed by atoms with Gasteiger partial charge in [-0.05, 0) is 30.3 Å². The van der Waals surface area contributed by atoms with Gasteiger partial charge in [-0.1, -0.05) is 42.5 Å². The number of hydrogen-bond acceptors (Lipinski definition) is 2. The normalized spacial score (nSPS) is 21.6. The van der Waals surface area contributed by atoms with Crippen LogP contribution in [0.25, 0.3) is 0 Å². The molecule has 0 bridgehead atoms. The molecular formula is C16H17NO. The zero-order chi connectivity index (χ0) is 12.4. The van der Waals surface area contributed by atoms with Gasteiger partial charge in [-0.15, -0.1) is 0 Å². The summed E-state index contributed by atoms with van der Waals surface area (Å²) in [5.74, 6) is 0.939. The lowest BCUT2D eigenvalue weighted by Crippen LogP contribution is -2.13. The van der Waals surface area contributed by atoms with Crippen molar-refractivity contribution in [2.75, 3.05) is 7.05 Å². The van der Waals surface area contributed by atoms with E-state index in [0.717, 1.165) is 12.2 Å². The van der Waals surface area contributed by atoms with Crippen LogP contribution in [0, 0.1) is 0 Å². The molecule has 92 valence electrons. The first-order chi connectivity index (χ1) is 8.88. The Balaban J connectivity index is 1.87. The number of para-hydroxylation sites is 1. The Morgan fingerprint density at radius 1 is 0.944 bits per heavy atom. The van der Waals surface area contributed by atoms with E-state index in [4.69, 9.17) is 4.74 Å². The van der Waals surface area contributed by atoms with Crippen LogP contribution in [0.5, 0.6) is 5.75 Å². The smallest absolute Gasteiger partial charge is 0.126 e. The molecule has 0 unspecified atom stereocenters. The van der Waals surface area contributed by atoms with Gasteiger partial charge >= 0.3 is 0 Å². The van der Waals surface area contributed by atoms with Gasteiger partial charge in [-0.2, -0.15) is 0 Å². The van der Waals surface area contributed by atoms with Gasteiger partial charge in [0.1, 0.15) is 11.9 Å². The van der Waals surface area contributed by atoms with Crippen molar-refractivity contribution < 1.29 is 4.74 Å². The molecule has 0 saturated heterocycles. The molecular weight excluding hydrogens is 222 g/mol. The Morgan fingerprint density at radius 2 is 1.61 bits per heavy atom. The van der Waals surface area contributed by atoms with Crippen molar-refractivity contribution in [1.82, 2.24) is 5.32 Å². The Hall–Kier alpha value is -1.80. The standard InChI is InChI=1S/C16H17NO/c1-17-15-11-16(14-10-6-5-9-13(14)15)18-12-7-3-2-4-8-12/h2-10,15-17H,11H2,1H3/t15-,16+/m1/s1. The fourth-order valence-corrected chi connectivity index (χ4v) is 2.64. The summed E-state index contributed by atoms with van der Waals surface area (Å²) >= 11 is 0. The maximum absolute atomic E-state index is 6.09. The minimum Gasteiger partial charge on any atom is -0.486 e. The second-order valence-corrected chi connectivity index (χ2v) is 4.63. The van der Waals surface area contributed by atoms with Gasteiger partial charge in [0.25, 0.3) is 0 Å². The second kappa shape index (κ2) is 4.83. The molecule has 2 aromatic carbocycles. The van der Waals surface area contributed by atoms with Crippen LogP contribution in [-0.2, 0) is 0 Å². The monoisotopic (exact) mass is 239 g/mol. The van der Waals surface area contributed by atoms with Crippen molar-refractivity contribution in [3.8, 4) is 5.75 Å². The van der Waals surface area contributed by atoms with Crippen molar-refractivity contribution in [1.29, 1.82) is 0 Å². The summed E-state index contributed by atoms with van der Waals surface area (Å²) < 4.78 is 6.09. The Bertz CT molecular complexity index is 524. The third-order valence-corrected chi connectivity index (χ3v) is 3.54. The van der Waals surface area contributed by atoms with E-state index in [9.17, 15) is 0 Å². The summed E-state index contributed by atoms with van der Waals surface area (Å²) in [5.41, 5.74) is 2.67. The average molecular weight is 239 g/mol. The molecule has 0 amide bonds. The van der Waals surface area contributed by atoms with Gasteiger partial charge in [0.05, 0.1) is 0 Å². The number of nitrogens with one attached hydrogen (secondary N) is 1. The number of ether oxygens (including phenoxy) is 1. The number of fused-ring (bicyclic) bond motifs is 1. The second-order valence-electron chi connectivity index (χ2n) is 4.63. The molecule has 0 aliphatic heterocycles. The van der Waals surface area contributed by atoms with Crippen LogP contribution in [0.1, 0.15) is 29.7 Å². The Morgan fingerprint density at radius 3 is 2.33 bits per heavy atom. The fourth-order valence-electron chi connectivity index (χ4n) is 2.64. The number of rotatable bonds is 3. The highest BCUT2D eigenvalue weighted by atomic mass is 16.5. The van der Waals surface area contributed by atoms with E-state index < -0.39 is 0 Å². The first-order valence-electron chi connectivity index (χ1n) is 6.36. The predicted octanol–water partition coefficient (Wildman–Crippen LogP) is 3.47. The van der Waals surface area contributed by atoms with E-state index in [1.807, 2.05) is 37.4 Å². The molecule has 2 aromatic rings. The summed E-state index contributed by atoms with van der Waals surface area (Å²) in [6.07, 6.45) is 1.14. The maximum Gasteiger partial charge on any atom is 0.126 e. The zero-order valence-corrected chi connectivity index (χ0v) is 10.5. The summed E-state index contributed by atoms with van der Waals surface area (Å²) in [7, 11) is 2.01. The van der Waals surface area contributed by atoms with Crippen molar-refractivity contribution in [3.05, 3.63) is 65.7 Å². The SMILES string of the molecule is CN[C@@H]1C[C@H](Oc2ccccc2)c2ccccc21. The van der Waals surface area contributed by atoms with E-state index in [2.05, 4.69) is 29.6 Å². The first-order valence-corrected chi connectivity index (χ1v) is 6.36. The molecule has 1 aliphatic carbocycles. The molecule has 0 fully saturated rings. The van der Waals surface area contributed by atoms with E-state index in [-0.39, 0.29) is 6.10 Å². The largest absolute Gasteiger partial charge is 0.486 e. The number of benzene rings is 2. The number of hydrogen-bond donors (Lipinski definition) is 1. The predicted molar refractivity (Wildman–Crippen MR) is 72.7 cm³/mol. The van der Waals surface area contributed by atoms with Crippen molar-refractivity contribution >= 4 is 0 Å². The van der Waals surface area contributed by atoms with Crippen LogP contribution < -0.4 is 10.1 Å². The van der Waals surface area contributed by atoms with Crippen LogP contribution >= 0.6 is 0 Å². The van der Waals surface area contributed by atoms with E-state index in [0.29, 0.717) is 6.04 Å². The van der Waals surface area contributed by atoms with Crippen LogP contribution in [0.3, 0.4) is 0 Å². The van der Waals surface area contributed by atoms with Crippen molar-refractivity contribution in [2.45, 2.75) is 18.6 Å².